The Hall–Kier alpha value is -1.17. The second kappa shape index (κ2) is 5.44. The molecule has 1 saturated heterocycles. The first kappa shape index (κ1) is 12.3. The monoisotopic (exact) mass is 236 g/mol. The molecule has 0 aromatic carbocycles. The summed E-state index contributed by atoms with van der Waals surface area (Å²) in [6.07, 6.45) is 1.07. The second-order valence-electron chi connectivity index (χ2n) is 4.48. The number of anilines is 1. The van der Waals surface area contributed by atoms with E-state index in [1.165, 1.54) is 0 Å². The van der Waals surface area contributed by atoms with Crippen LogP contribution in [0, 0.1) is 0 Å². The van der Waals surface area contributed by atoms with Gasteiger partial charge in [0.05, 0.1) is 5.69 Å². The van der Waals surface area contributed by atoms with Gasteiger partial charge in [0, 0.05) is 44.6 Å². The Labute approximate surface area is 102 Å². The molecule has 0 aliphatic carbocycles. The molecule has 0 spiro atoms. The smallest absolute Gasteiger partial charge is 0.108 e. The highest BCUT2D eigenvalue weighted by molar-refractivity contribution is 5.47. The van der Waals surface area contributed by atoms with Crippen LogP contribution >= 0.6 is 0 Å². The summed E-state index contributed by atoms with van der Waals surface area (Å²) in [4.78, 5) is 8.78. The molecule has 1 atom stereocenters. The highest BCUT2D eigenvalue weighted by Crippen LogP contribution is 2.19. The van der Waals surface area contributed by atoms with Crippen LogP contribution in [-0.4, -0.2) is 54.8 Å². The van der Waals surface area contributed by atoms with Crippen molar-refractivity contribution in [3.63, 3.8) is 0 Å². The quantitative estimate of drug-likeness (QED) is 0.762. The van der Waals surface area contributed by atoms with Crippen molar-refractivity contribution in [2.24, 2.45) is 5.73 Å². The number of likely N-dealkylation sites (N-methyl/N-ethyl adjacent to an activating group) is 1. The number of rotatable bonds is 3. The van der Waals surface area contributed by atoms with Gasteiger partial charge in [-0.15, -0.1) is 0 Å². The topological polar surface area (TPSA) is 65.6 Å². The lowest BCUT2D eigenvalue weighted by Gasteiger charge is -2.34. The van der Waals surface area contributed by atoms with Crippen molar-refractivity contribution in [3.05, 3.63) is 24.0 Å². The van der Waals surface area contributed by atoms with Gasteiger partial charge in [0.15, 0.2) is 0 Å². The Balaban J connectivity index is 2.10. The molecule has 0 radical (unpaired) electrons. The third-order valence-electron chi connectivity index (χ3n) is 3.20. The molecule has 1 aliphatic heterocycles. The molecule has 0 bridgehead atoms. The van der Waals surface area contributed by atoms with Crippen molar-refractivity contribution < 1.29 is 5.11 Å². The van der Waals surface area contributed by atoms with E-state index in [1.807, 2.05) is 12.1 Å². The first-order valence-electron chi connectivity index (χ1n) is 5.98. The zero-order valence-corrected chi connectivity index (χ0v) is 10.2. The molecule has 5 heteroatoms. The van der Waals surface area contributed by atoms with Crippen molar-refractivity contribution in [1.82, 2.24) is 9.88 Å². The van der Waals surface area contributed by atoms with Crippen LogP contribution in [0.25, 0.3) is 0 Å². The Kier molecular flexibility index (Phi) is 3.93. The first-order chi connectivity index (χ1) is 8.20. The number of aliphatic hydroxyl groups excluding tert-OH is 1. The summed E-state index contributed by atoms with van der Waals surface area (Å²) in [5, 5.41) is 9.68. The largest absolute Gasteiger partial charge is 0.385 e. The van der Waals surface area contributed by atoms with Crippen LogP contribution in [0.2, 0.25) is 0 Å². The summed E-state index contributed by atoms with van der Waals surface area (Å²) in [5.41, 5.74) is 7.22. The average molecular weight is 236 g/mol. The summed E-state index contributed by atoms with van der Waals surface area (Å²) >= 11 is 0. The number of hydrogen-bond donors (Lipinski definition) is 2. The zero-order valence-electron chi connectivity index (χ0n) is 10.2. The molecule has 1 aromatic heterocycles. The molecule has 1 aromatic rings. The molecule has 2 heterocycles. The SMILES string of the molecule is CN1CCN(c2ccnc(C(O)CN)c2)CC1. The maximum absolute atomic E-state index is 9.68. The number of nitrogens with zero attached hydrogens (tertiary/aromatic N) is 3. The fourth-order valence-corrected chi connectivity index (χ4v) is 2.00. The molecule has 5 nitrogen and oxygen atoms in total. The van der Waals surface area contributed by atoms with Crippen molar-refractivity contribution in [3.8, 4) is 0 Å². The van der Waals surface area contributed by atoms with Gasteiger partial charge < -0.3 is 20.6 Å². The van der Waals surface area contributed by atoms with E-state index in [9.17, 15) is 5.11 Å². The number of aliphatic hydroxyl groups is 1. The number of aromatic nitrogens is 1. The van der Waals surface area contributed by atoms with E-state index in [0.717, 1.165) is 31.9 Å². The number of nitrogens with two attached hydrogens (primary N) is 1. The lowest BCUT2D eigenvalue weighted by atomic mass is 10.2. The fraction of sp³-hybridized carbons (Fsp3) is 0.583. The zero-order chi connectivity index (χ0) is 12.3. The Bertz CT molecular complexity index is 363. The Morgan fingerprint density at radius 3 is 2.76 bits per heavy atom. The average Bonchev–Trinajstić information content (AvgIpc) is 2.39. The number of piperazine rings is 1. The molecule has 3 N–H and O–H groups in total. The van der Waals surface area contributed by atoms with E-state index in [-0.39, 0.29) is 6.54 Å². The number of hydrogen-bond acceptors (Lipinski definition) is 5. The van der Waals surface area contributed by atoms with E-state index < -0.39 is 6.10 Å². The van der Waals surface area contributed by atoms with Crippen LogP contribution in [-0.2, 0) is 0 Å². The van der Waals surface area contributed by atoms with Gasteiger partial charge >= 0.3 is 0 Å². The molecular weight excluding hydrogens is 216 g/mol. The van der Waals surface area contributed by atoms with Crippen molar-refractivity contribution in [2.45, 2.75) is 6.10 Å². The predicted octanol–water partition coefficient (Wildman–Crippen LogP) is -0.174. The highest BCUT2D eigenvalue weighted by Gasteiger charge is 2.15. The molecule has 0 saturated carbocycles. The molecule has 1 unspecified atom stereocenters. The third kappa shape index (κ3) is 2.94. The minimum atomic E-state index is -0.664. The standard InChI is InChI=1S/C12H20N4O/c1-15-4-6-16(7-5-15)10-2-3-14-11(8-10)12(17)9-13/h2-3,8,12,17H,4-7,9,13H2,1H3. The summed E-state index contributed by atoms with van der Waals surface area (Å²) in [6, 6.07) is 3.92. The molecule has 94 valence electrons. The van der Waals surface area contributed by atoms with Crippen molar-refractivity contribution in [1.29, 1.82) is 0 Å². The van der Waals surface area contributed by atoms with Gasteiger partial charge in [-0.3, -0.25) is 4.98 Å². The van der Waals surface area contributed by atoms with Crippen LogP contribution < -0.4 is 10.6 Å². The van der Waals surface area contributed by atoms with Gasteiger partial charge in [0.25, 0.3) is 0 Å². The van der Waals surface area contributed by atoms with E-state index in [1.54, 1.807) is 6.20 Å². The minimum absolute atomic E-state index is 0.208. The van der Waals surface area contributed by atoms with Crippen molar-refractivity contribution >= 4 is 5.69 Å². The molecule has 1 fully saturated rings. The lowest BCUT2D eigenvalue weighted by molar-refractivity contribution is 0.182. The summed E-state index contributed by atoms with van der Waals surface area (Å²) in [5.74, 6) is 0. The highest BCUT2D eigenvalue weighted by atomic mass is 16.3. The summed E-state index contributed by atoms with van der Waals surface area (Å²) in [7, 11) is 2.13. The Morgan fingerprint density at radius 2 is 2.12 bits per heavy atom. The minimum Gasteiger partial charge on any atom is -0.385 e. The first-order valence-corrected chi connectivity index (χ1v) is 5.98. The van der Waals surface area contributed by atoms with Gasteiger partial charge in [-0.25, -0.2) is 0 Å². The fourth-order valence-electron chi connectivity index (χ4n) is 2.00. The second-order valence-corrected chi connectivity index (χ2v) is 4.48. The van der Waals surface area contributed by atoms with Crippen LogP contribution in [0.1, 0.15) is 11.8 Å². The molecular formula is C12H20N4O. The van der Waals surface area contributed by atoms with Crippen molar-refractivity contribution in [2.75, 3.05) is 44.7 Å². The summed E-state index contributed by atoms with van der Waals surface area (Å²) in [6.45, 7) is 4.37. The van der Waals surface area contributed by atoms with E-state index >= 15 is 0 Å². The molecule has 2 rings (SSSR count). The maximum Gasteiger partial charge on any atom is 0.108 e. The lowest BCUT2D eigenvalue weighted by Crippen LogP contribution is -2.44. The van der Waals surface area contributed by atoms with Crippen LogP contribution in [0.4, 0.5) is 5.69 Å². The molecule has 17 heavy (non-hydrogen) atoms. The molecule has 0 amide bonds. The van der Waals surface area contributed by atoms with Gasteiger partial charge in [-0.1, -0.05) is 0 Å². The van der Waals surface area contributed by atoms with E-state index in [0.29, 0.717) is 5.69 Å². The van der Waals surface area contributed by atoms with Gasteiger partial charge in [-0.2, -0.15) is 0 Å². The van der Waals surface area contributed by atoms with Gasteiger partial charge in [0.2, 0.25) is 0 Å². The van der Waals surface area contributed by atoms with Gasteiger partial charge in [0.1, 0.15) is 6.10 Å². The molecule has 1 aliphatic rings. The van der Waals surface area contributed by atoms with Crippen LogP contribution in [0.5, 0.6) is 0 Å². The third-order valence-corrected chi connectivity index (χ3v) is 3.20. The maximum atomic E-state index is 9.68. The predicted molar refractivity (Wildman–Crippen MR) is 68.0 cm³/mol. The van der Waals surface area contributed by atoms with Crippen LogP contribution in [0.3, 0.4) is 0 Å². The normalized spacial score (nSPS) is 19.4. The van der Waals surface area contributed by atoms with E-state index in [2.05, 4.69) is 21.8 Å². The Morgan fingerprint density at radius 1 is 1.41 bits per heavy atom. The van der Waals surface area contributed by atoms with Gasteiger partial charge in [-0.05, 0) is 19.2 Å². The number of pyridine rings is 1. The van der Waals surface area contributed by atoms with Crippen LogP contribution in [0.15, 0.2) is 18.3 Å². The summed E-state index contributed by atoms with van der Waals surface area (Å²) < 4.78 is 0. The van der Waals surface area contributed by atoms with E-state index in [4.69, 9.17) is 5.73 Å².